The molecule has 0 spiro atoms. The summed E-state index contributed by atoms with van der Waals surface area (Å²) in [6, 6.07) is -1.47. The van der Waals surface area contributed by atoms with Crippen molar-refractivity contribution in [2.45, 2.75) is 439 Å². The van der Waals surface area contributed by atoms with E-state index in [0.29, 0.717) is 181 Å². The van der Waals surface area contributed by atoms with E-state index in [4.69, 9.17) is 42.6 Å². The van der Waals surface area contributed by atoms with Crippen LogP contribution >= 0.6 is 0 Å². The zero-order chi connectivity index (χ0) is 107. The van der Waals surface area contributed by atoms with Gasteiger partial charge in [0.05, 0.1) is 79.0 Å². The number of ether oxygens (including phenoxy) is 9. The number of esters is 4. The van der Waals surface area contributed by atoms with Crippen LogP contribution in [0.4, 0.5) is 0 Å². The highest BCUT2D eigenvalue weighted by atomic mass is 16.6. The fourth-order valence-electron chi connectivity index (χ4n) is 15.9. The van der Waals surface area contributed by atoms with E-state index < -0.39 is 12.1 Å². The normalized spacial score (nSPS) is 12.1. The highest BCUT2D eigenvalue weighted by Gasteiger charge is 2.23. The molecular formula is C119H208N8O20. The standard InChI is InChI=1S/C119H208N8O20/c1-8-12-16-20-24-28-32-36-40-44-48-52-56-60-64-76-114(133)144-94-88-126(89-95-145-115(134)77-65-61-57-53-49-45-41-37-33-29-25-21-17-13-9-2)112(131)82-80-106(5)120-84-70-68-74-109(124-107(6)128)118(137)122-86-72-92-139-98-100-141-102-104-143-105-103-142-101-99-140-93-73-87-123-119(138)110(125-108(7)129)75-69-71-85-121-111(130)81-83-113(132)127(90-96-146-116(135)78-66-62-58-54-50-46-42-38-34-30-26-22-18-14-10-3)91-97-147-117(136)79-67-63-59-55-51-47-43-39-35-31-27-23-19-15-11-4/h24-31,36-43,109-110,120H,5,8-23,32-35,44-105H2,1-4,6-7H3,(H,121,130)(H,122,137)(H,123,138)(H,124,128)(H,125,129)/b28-24-,29-25-,30-26-,31-27-,40-36-,41-37-,42-38-,43-39-/t109-,110-/m0/s1. The molecule has 0 unspecified atom stereocenters. The van der Waals surface area contributed by atoms with Gasteiger partial charge in [-0.05, 0) is 212 Å². The van der Waals surface area contributed by atoms with Crippen molar-refractivity contribution in [3.8, 4) is 0 Å². The molecule has 0 heterocycles. The van der Waals surface area contributed by atoms with Crippen molar-refractivity contribution >= 4 is 65.2 Å². The molecule has 147 heavy (non-hydrogen) atoms. The first-order valence-corrected chi connectivity index (χ1v) is 57.9. The Morgan fingerprint density at radius 1 is 0.245 bits per heavy atom. The first-order valence-electron chi connectivity index (χ1n) is 57.9. The summed E-state index contributed by atoms with van der Waals surface area (Å²) in [5.74, 6) is -3.28. The Hall–Kier alpha value is -8.57. The van der Waals surface area contributed by atoms with Gasteiger partial charge in [0.1, 0.15) is 38.5 Å². The van der Waals surface area contributed by atoms with Crippen molar-refractivity contribution in [2.75, 3.05) is 145 Å². The molecule has 0 bridgehead atoms. The van der Waals surface area contributed by atoms with Crippen LogP contribution < -0.4 is 31.9 Å². The molecule has 7 amide bonds. The van der Waals surface area contributed by atoms with Gasteiger partial charge in [0.15, 0.2) is 0 Å². The lowest BCUT2D eigenvalue weighted by molar-refractivity contribution is -0.148. The molecule has 6 N–H and O–H groups in total. The van der Waals surface area contributed by atoms with Gasteiger partial charge in [0, 0.05) is 104 Å². The lowest BCUT2D eigenvalue weighted by atomic mass is 10.1. The molecule has 0 aliphatic carbocycles. The van der Waals surface area contributed by atoms with Crippen LogP contribution in [0.3, 0.4) is 0 Å². The van der Waals surface area contributed by atoms with Crippen LogP contribution in [0.25, 0.3) is 0 Å². The molecule has 2 atom stereocenters. The second-order valence-corrected chi connectivity index (χ2v) is 38.3. The molecule has 0 fully saturated rings. The summed E-state index contributed by atoms with van der Waals surface area (Å²) < 4.78 is 50.6. The van der Waals surface area contributed by atoms with Crippen molar-refractivity contribution in [3.63, 3.8) is 0 Å². The predicted octanol–water partition coefficient (Wildman–Crippen LogP) is 23.3. The number of hydrogen-bond donors (Lipinski definition) is 6. The van der Waals surface area contributed by atoms with E-state index in [0.717, 1.165) is 205 Å². The molecule has 0 aliphatic rings. The number of carbonyl (C=O) groups excluding carboxylic acids is 11. The minimum Gasteiger partial charge on any atom is -0.464 e. The maximum atomic E-state index is 13.7. The Labute approximate surface area is 890 Å². The van der Waals surface area contributed by atoms with Crippen LogP contribution in [0.15, 0.2) is 109 Å². The second-order valence-electron chi connectivity index (χ2n) is 38.3. The number of rotatable bonds is 109. The van der Waals surface area contributed by atoms with Gasteiger partial charge in [-0.1, -0.05) is 260 Å². The van der Waals surface area contributed by atoms with Gasteiger partial charge in [-0.2, -0.15) is 0 Å². The summed E-state index contributed by atoms with van der Waals surface area (Å²) in [4.78, 5) is 145. The maximum Gasteiger partial charge on any atom is 0.305 e. The van der Waals surface area contributed by atoms with Crippen molar-refractivity contribution < 1.29 is 95.4 Å². The van der Waals surface area contributed by atoms with Crippen LogP contribution in [-0.2, 0) is 95.4 Å². The number of allylic oxidation sites excluding steroid dienone is 17. The van der Waals surface area contributed by atoms with Crippen LogP contribution in [0.2, 0.25) is 0 Å². The quantitative estimate of drug-likeness (QED) is 0.0143. The van der Waals surface area contributed by atoms with Gasteiger partial charge in [-0.25, -0.2) is 0 Å². The van der Waals surface area contributed by atoms with Crippen LogP contribution in [0, 0.1) is 0 Å². The number of unbranched alkanes of at least 4 members (excludes halogenated alkanes) is 34. The third-order valence-corrected chi connectivity index (χ3v) is 24.7. The number of nitrogens with one attached hydrogen (secondary N) is 6. The van der Waals surface area contributed by atoms with Crippen molar-refractivity contribution in [1.29, 1.82) is 0 Å². The molecule has 0 aromatic rings. The summed E-state index contributed by atoms with van der Waals surface area (Å²) in [5.41, 5.74) is 0.676. The molecule has 0 aromatic heterocycles. The van der Waals surface area contributed by atoms with E-state index in [-0.39, 0.29) is 137 Å². The maximum absolute atomic E-state index is 13.7. The minimum absolute atomic E-state index is 0.0159. The van der Waals surface area contributed by atoms with E-state index in [1.54, 1.807) is 4.90 Å². The topological polar surface area (TPSA) is 349 Å². The first-order chi connectivity index (χ1) is 71.9. The monoisotopic (exact) mass is 2070 g/mol. The highest BCUT2D eigenvalue weighted by Crippen LogP contribution is 2.17. The number of nitrogens with zero attached hydrogens (tertiary/aromatic N) is 2. The average molecular weight is 2070 g/mol. The van der Waals surface area contributed by atoms with Crippen LogP contribution in [-0.4, -0.2) is 232 Å². The summed E-state index contributed by atoms with van der Waals surface area (Å²) >= 11 is 0. The summed E-state index contributed by atoms with van der Waals surface area (Å²) in [5, 5.41) is 17.4. The van der Waals surface area contributed by atoms with Crippen molar-refractivity contribution in [2.24, 2.45) is 0 Å². The largest absolute Gasteiger partial charge is 0.464 e. The zero-order valence-corrected chi connectivity index (χ0v) is 93.1. The fraction of sp³-hybridized carbons (Fsp3) is 0.756. The number of amides is 7. The van der Waals surface area contributed by atoms with E-state index in [1.165, 1.54) is 95.8 Å². The molecule has 844 valence electrons. The Kier molecular flexibility index (Phi) is 104. The van der Waals surface area contributed by atoms with E-state index in [2.05, 4.69) is 163 Å². The molecule has 0 rings (SSSR count). The molecule has 0 aromatic carbocycles. The number of carbonyl (C=O) groups is 11. The Morgan fingerprint density at radius 3 is 0.769 bits per heavy atom. The van der Waals surface area contributed by atoms with Gasteiger partial charge in [-0.15, -0.1) is 0 Å². The zero-order valence-electron chi connectivity index (χ0n) is 93.1. The van der Waals surface area contributed by atoms with Crippen molar-refractivity contribution in [3.05, 3.63) is 109 Å². The lowest BCUT2D eigenvalue weighted by Crippen LogP contribution is -2.46. The Morgan fingerprint density at radius 2 is 0.490 bits per heavy atom. The molecular weight excluding hydrogens is 1860 g/mol. The first kappa shape index (κ1) is 138. The highest BCUT2D eigenvalue weighted by molar-refractivity contribution is 5.88. The lowest BCUT2D eigenvalue weighted by Gasteiger charge is -2.23. The third-order valence-electron chi connectivity index (χ3n) is 24.7. The van der Waals surface area contributed by atoms with Crippen LogP contribution in [0.5, 0.6) is 0 Å². The molecule has 0 radical (unpaired) electrons. The molecule has 0 saturated carbocycles. The fourth-order valence-corrected chi connectivity index (χ4v) is 15.9. The smallest absolute Gasteiger partial charge is 0.305 e. The van der Waals surface area contributed by atoms with Gasteiger partial charge in [0.2, 0.25) is 41.4 Å². The van der Waals surface area contributed by atoms with Crippen LogP contribution in [0.1, 0.15) is 427 Å². The SMILES string of the molecule is C=C(CCC(=O)N(CCOC(=O)CCCCCCC/C=C\C/C=C\CCCCC)CCOC(=O)CCCCCCC/C=C\C/C=C\CCCCC)NCCCC[C@H](NC(C)=O)C(=O)NCCCOCCOCCOCCOCCOCCCNC(=O)[C@H](CCCCNC(=O)CCC(=O)N(CCOC(=O)CCCCCCC/C=C\C/C=C\CCCCC)CCOC(=O)CCCCCCC/C=C\C/C=C\CCCCC)NC(C)=O. The predicted molar refractivity (Wildman–Crippen MR) is 595 cm³/mol. The second kappa shape index (κ2) is 110. The molecule has 0 aliphatic heterocycles. The molecule has 28 heteroatoms. The van der Waals surface area contributed by atoms with Gasteiger partial charge in [-0.3, -0.25) is 52.7 Å². The molecule has 0 saturated heterocycles. The minimum atomic E-state index is -0.765. The van der Waals surface area contributed by atoms with Gasteiger partial charge >= 0.3 is 23.9 Å². The third kappa shape index (κ3) is 102. The van der Waals surface area contributed by atoms with Gasteiger partial charge < -0.3 is 84.3 Å². The van der Waals surface area contributed by atoms with E-state index in [9.17, 15) is 52.7 Å². The average Bonchev–Trinajstić information content (AvgIpc) is 0.918. The Balaban J connectivity index is 4.69. The van der Waals surface area contributed by atoms with Crippen molar-refractivity contribution in [1.82, 2.24) is 41.7 Å². The Bertz CT molecular complexity index is 3140. The van der Waals surface area contributed by atoms with E-state index >= 15 is 0 Å². The summed E-state index contributed by atoms with van der Waals surface area (Å²) in [6.07, 6.45) is 89.7. The number of hydrogen-bond acceptors (Lipinski definition) is 21. The van der Waals surface area contributed by atoms with E-state index in [1.807, 2.05) is 0 Å². The molecule has 28 nitrogen and oxygen atoms in total. The summed E-state index contributed by atoms with van der Waals surface area (Å²) in [6.45, 7) is 21.6. The summed E-state index contributed by atoms with van der Waals surface area (Å²) in [7, 11) is 0. The van der Waals surface area contributed by atoms with Gasteiger partial charge in [0.25, 0.3) is 0 Å².